The zero-order valence-electron chi connectivity index (χ0n) is 14.4. The third-order valence-corrected chi connectivity index (χ3v) is 5.55. The van der Waals surface area contributed by atoms with Crippen LogP contribution in [-0.4, -0.2) is 19.3 Å². The summed E-state index contributed by atoms with van der Waals surface area (Å²) in [5.41, 5.74) is 1.85. The van der Waals surface area contributed by atoms with E-state index in [1.165, 1.54) is 12.0 Å². The van der Waals surface area contributed by atoms with Crippen LogP contribution in [0, 0.1) is 16.7 Å². The zero-order chi connectivity index (χ0) is 15.7. The molecule has 2 rings (SSSR count). The molecule has 1 saturated heterocycles. The number of hydrogen-bond acceptors (Lipinski definition) is 3. The van der Waals surface area contributed by atoms with Crippen molar-refractivity contribution in [3.8, 4) is 0 Å². The molecule has 0 aromatic rings. The Bertz CT molecular complexity index is 372. The van der Waals surface area contributed by atoms with Gasteiger partial charge in [0, 0.05) is 0 Å². The minimum absolute atomic E-state index is 0.125. The van der Waals surface area contributed by atoms with Gasteiger partial charge in [0.15, 0.2) is 0 Å². The normalized spacial score (nSPS) is 29.3. The Morgan fingerprint density at radius 2 is 1.67 bits per heavy atom. The molecule has 2 unspecified atom stereocenters. The summed E-state index contributed by atoms with van der Waals surface area (Å²) in [5.74, 6) is 0.618. The van der Waals surface area contributed by atoms with Crippen LogP contribution >= 0.6 is 8.60 Å². The quantitative estimate of drug-likeness (QED) is 0.500. The van der Waals surface area contributed by atoms with Gasteiger partial charge in [-0.05, 0) is 41.6 Å². The average molecular weight is 314 g/mol. The highest BCUT2D eigenvalue weighted by atomic mass is 31.2. The van der Waals surface area contributed by atoms with E-state index in [4.69, 9.17) is 13.6 Å². The van der Waals surface area contributed by atoms with Crippen LogP contribution in [0.4, 0.5) is 0 Å². The van der Waals surface area contributed by atoms with Crippen molar-refractivity contribution in [1.29, 1.82) is 0 Å². The molecule has 1 aliphatic heterocycles. The molecule has 2 aliphatic rings. The highest BCUT2D eigenvalue weighted by molar-refractivity contribution is 7.41. The van der Waals surface area contributed by atoms with Gasteiger partial charge in [-0.15, -0.1) is 0 Å². The van der Waals surface area contributed by atoms with Gasteiger partial charge in [-0.25, -0.2) is 0 Å². The van der Waals surface area contributed by atoms with Crippen molar-refractivity contribution in [2.45, 2.75) is 66.9 Å². The lowest BCUT2D eigenvalue weighted by Gasteiger charge is -2.40. The first-order valence-corrected chi connectivity index (χ1v) is 9.22. The van der Waals surface area contributed by atoms with Gasteiger partial charge in [-0.1, -0.05) is 47.6 Å². The minimum atomic E-state index is -1.15. The topological polar surface area (TPSA) is 27.7 Å². The summed E-state index contributed by atoms with van der Waals surface area (Å²) in [6.07, 6.45) is 5.83. The maximum absolute atomic E-state index is 6.18. The van der Waals surface area contributed by atoms with Crippen molar-refractivity contribution in [3.63, 3.8) is 0 Å². The van der Waals surface area contributed by atoms with Crippen molar-refractivity contribution >= 4 is 8.60 Å². The van der Waals surface area contributed by atoms with E-state index >= 15 is 0 Å². The van der Waals surface area contributed by atoms with Gasteiger partial charge in [0.25, 0.3) is 0 Å². The molecule has 1 aliphatic carbocycles. The summed E-state index contributed by atoms with van der Waals surface area (Å²) < 4.78 is 17.4. The molecule has 3 nitrogen and oxygen atoms in total. The van der Waals surface area contributed by atoms with Gasteiger partial charge in [0.2, 0.25) is 0 Å². The van der Waals surface area contributed by atoms with Crippen LogP contribution in [0.5, 0.6) is 0 Å². The van der Waals surface area contributed by atoms with Gasteiger partial charge in [-0.2, -0.15) is 0 Å². The Morgan fingerprint density at radius 1 is 1.05 bits per heavy atom. The third kappa shape index (κ3) is 4.76. The van der Waals surface area contributed by atoms with Gasteiger partial charge >= 0.3 is 8.60 Å². The van der Waals surface area contributed by atoms with Crippen molar-refractivity contribution in [2.24, 2.45) is 16.7 Å². The van der Waals surface area contributed by atoms with Crippen LogP contribution in [0.3, 0.4) is 0 Å². The molecule has 1 heterocycles. The van der Waals surface area contributed by atoms with E-state index in [0.717, 1.165) is 26.1 Å². The van der Waals surface area contributed by atoms with Crippen molar-refractivity contribution < 1.29 is 13.6 Å². The molecule has 2 atom stereocenters. The Labute approximate surface area is 131 Å². The van der Waals surface area contributed by atoms with E-state index in [0.29, 0.717) is 11.3 Å². The average Bonchev–Trinajstić information content (AvgIpc) is 2.38. The molecule has 1 fully saturated rings. The van der Waals surface area contributed by atoms with Crippen molar-refractivity contribution in [2.75, 3.05) is 13.2 Å². The molecule has 0 aromatic carbocycles. The Hall–Kier alpha value is 0.0500. The fraction of sp³-hybridized carbons (Fsp3) is 0.882. The maximum atomic E-state index is 6.18. The van der Waals surface area contributed by atoms with E-state index in [2.05, 4.69) is 47.6 Å². The number of hydrogen-bond donors (Lipinski definition) is 0. The molecular weight excluding hydrogens is 283 g/mol. The molecule has 0 saturated carbocycles. The van der Waals surface area contributed by atoms with Gasteiger partial charge in [0.05, 0.1) is 19.3 Å². The van der Waals surface area contributed by atoms with E-state index < -0.39 is 8.60 Å². The molecule has 21 heavy (non-hydrogen) atoms. The summed E-state index contributed by atoms with van der Waals surface area (Å²) in [6, 6.07) is 0. The summed E-state index contributed by atoms with van der Waals surface area (Å²) in [6.45, 7) is 15.3. The van der Waals surface area contributed by atoms with Crippen molar-refractivity contribution in [1.82, 2.24) is 0 Å². The zero-order valence-corrected chi connectivity index (χ0v) is 15.3. The van der Waals surface area contributed by atoms with Crippen LogP contribution < -0.4 is 0 Å². The SMILES string of the molecule is CC(C)(C)C1=CC(C(C)(C)C)CCC1OP1OCCCO1. The predicted molar refractivity (Wildman–Crippen MR) is 88.0 cm³/mol. The maximum Gasteiger partial charge on any atom is 0.333 e. The molecule has 4 heteroatoms. The van der Waals surface area contributed by atoms with Crippen LogP contribution in [0.15, 0.2) is 11.6 Å². The smallest absolute Gasteiger partial charge is 0.312 e. The second-order valence-corrected chi connectivity index (χ2v) is 9.43. The third-order valence-electron chi connectivity index (χ3n) is 4.34. The van der Waals surface area contributed by atoms with Crippen LogP contribution in [0.2, 0.25) is 0 Å². The first-order valence-electron chi connectivity index (χ1n) is 8.13. The fourth-order valence-corrected chi connectivity index (χ4v) is 4.14. The molecule has 0 N–H and O–H groups in total. The second-order valence-electron chi connectivity index (χ2n) is 8.26. The van der Waals surface area contributed by atoms with Gasteiger partial charge in [0.1, 0.15) is 0 Å². The molecular formula is C17H31O3P. The summed E-state index contributed by atoms with van der Waals surface area (Å²) in [4.78, 5) is 0. The van der Waals surface area contributed by atoms with Crippen LogP contribution in [-0.2, 0) is 13.6 Å². The highest BCUT2D eigenvalue weighted by Gasteiger charge is 2.37. The second kappa shape index (κ2) is 6.66. The number of rotatable bonds is 2. The van der Waals surface area contributed by atoms with Gasteiger partial charge in [-0.3, -0.25) is 0 Å². The van der Waals surface area contributed by atoms with E-state index in [1.54, 1.807) is 0 Å². The van der Waals surface area contributed by atoms with Gasteiger partial charge < -0.3 is 13.6 Å². The highest BCUT2D eigenvalue weighted by Crippen LogP contribution is 2.50. The van der Waals surface area contributed by atoms with E-state index in [-0.39, 0.29) is 11.5 Å². The number of allylic oxidation sites excluding steroid dienone is 1. The van der Waals surface area contributed by atoms with E-state index in [9.17, 15) is 0 Å². The first kappa shape index (κ1) is 17.4. The standard InChI is InChI=1S/C17H31O3P/c1-16(2,3)13-8-9-15(14(12-13)17(4,5)6)20-21-18-10-7-11-19-21/h12-13,15H,7-11H2,1-6H3. The molecule has 122 valence electrons. The Balaban J connectivity index is 2.13. The Morgan fingerprint density at radius 3 is 2.19 bits per heavy atom. The Kier molecular flexibility index (Phi) is 5.52. The van der Waals surface area contributed by atoms with E-state index in [1.807, 2.05) is 0 Å². The molecule has 0 bridgehead atoms. The molecule has 0 aromatic heterocycles. The lowest BCUT2D eigenvalue weighted by Crippen LogP contribution is -2.33. The van der Waals surface area contributed by atoms with Crippen LogP contribution in [0.1, 0.15) is 60.8 Å². The molecule has 0 spiro atoms. The minimum Gasteiger partial charge on any atom is -0.312 e. The summed E-state index contributed by atoms with van der Waals surface area (Å²) >= 11 is 0. The fourth-order valence-electron chi connectivity index (χ4n) is 2.96. The predicted octanol–water partition coefficient (Wildman–Crippen LogP) is 5.46. The molecule has 0 radical (unpaired) electrons. The van der Waals surface area contributed by atoms with Crippen LogP contribution in [0.25, 0.3) is 0 Å². The summed E-state index contributed by atoms with van der Waals surface area (Å²) in [7, 11) is -1.15. The molecule has 0 amide bonds. The largest absolute Gasteiger partial charge is 0.333 e. The van der Waals surface area contributed by atoms with Crippen molar-refractivity contribution in [3.05, 3.63) is 11.6 Å². The summed E-state index contributed by atoms with van der Waals surface area (Å²) in [5, 5.41) is 0. The lowest BCUT2D eigenvalue weighted by atomic mass is 9.69. The first-order chi connectivity index (χ1) is 9.68. The monoisotopic (exact) mass is 314 g/mol. The lowest BCUT2D eigenvalue weighted by molar-refractivity contribution is 0.0782.